The third kappa shape index (κ3) is 1.94. The Labute approximate surface area is 100 Å². The number of aromatic nitrogens is 3. The van der Waals surface area contributed by atoms with Crippen LogP contribution in [0.25, 0.3) is 11.2 Å². The van der Waals surface area contributed by atoms with Gasteiger partial charge in [0, 0.05) is 12.5 Å². The highest BCUT2D eigenvalue weighted by molar-refractivity contribution is 5.70. The second-order valence-corrected chi connectivity index (χ2v) is 4.25. The molecule has 0 bridgehead atoms. The summed E-state index contributed by atoms with van der Waals surface area (Å²) in [5.74, 6) is 0.767. The summed E-state index contributed by atoms with van der Waals surface area (Å²) in [4.78, 5) is 10.6. The average molecular weight is 257 g/mol. The molecule has 1 aliphatic heterocycles. The molecule has 1 atom stereocenters. The molecule has 2 aromatic heterocycles. The Hall–Kier alpha value is -1.63. The second-order valence-electron chi connectivity index (χ2n) is 4.25. The Morgan fingerprint density at radius 3 is 2.78 bits per heavy atom. The van der Waals surface area contributed by atoms with E-state index in [0.717, 1.165) is 12.5 Å². The lowest BCUT2D eigenvalue weighted by Gasteiger charge is -2.03. The number of ether oxygens (including phenoxy) is 1. The van der Waals surface area contributed by atoms with Crippen LogP contribution in [0.5, 0.6) is 0 Å². The van der Waals surface area contributed by atoms with Crippen LogP contribution in [0.3, 0.4) is 0 Å². The first-order valence-electron chi connectivity index (χ1n) is 5.55. The number of hydrogen-bond acceptors (Lipinski definition) is 3. The molecule has 3 heterocycles. The summed E-state index contributed by atoms with van der Waals surface area (Å²) in [7, 11) is 0. The molecule has 1 N–H and O–H groups in total. The van der Waals surface area contributed by atoms with Crippen LogP contribution in [-0.4, -0.2) is 28.2 Å². The SMILES string of the molecule is FC(F)(F)c1ccc2[nH]c(C3CCOC3)nc2n1. The van der Waals surface area contributed by atoms with Gasteiger partial charge in [0.05, 0.1) is 12.1 Å². The highest BCUT2D eigenvalue weighted by atomic mass is 19.4. The predicted molar refractivity (Wildman–Crippen MR) is 57.1 cm³/mol. The minimum atomic E-state index is -4.44. The number of rotatable bonds is 1. The van der Waals surface area contributed by atoms with Gasteiger partial charge in [0.2, 0.25) is 0 Å². The van der Waals surface area contributed by atoms with Crippen molar-refractivity contribution in [2.75, 3.05) is 13.2 Å². The lowest BCUT2D eigenvalue weighted by atomic mass is 10.1. The number of halogens is 3. The van der Waals surface area contributed by atoms with Crippen molar-refractivity contribution in [2.45, 2.75) is 18.5 Å². The second kappa shape index (κ2) is 3.94. The zero-order chi connectivity index (χ0) is 12.8. The van der Waals surface area contributed by atoms with Crippen molar-refractivity contribution in [3.05, 3.63) is 23.7 Å². The van der Waals surface area contributed by atoms with Gasteiger partial charge in [-0.25, -0.2) is 9.97 Å². The van der Waals surface area contributed by atoms with E-state index in [4.69, 9.17) is 4.74 Å². The Morgan fingerprint density at radius 2 is 2.11 bits per heavy atom. The quantitative estimate of drug-likeness (QED) is 0.853. The van der Waals surface area contributed by atoms with E-state index in [1.165, 1.54) is 6.07 Å². The molecular formula is C11H10F3N3O. The summed E-state index contributed by atoms with van der Waals surface area (Å²) in [6.45, 7) is 1.20. The van der Waals surface area contributed by atoms with E-state index < -0.39 is 11.9 Å². The van der Waals surface area contributed by atoms with Gasteiger partial charge in [0.25, 0.3) is 0 Å². The maximum atomic E-state index is 12.5. The fraction of sp³-hybridized carbons (Fsp3) is 0.455. The predicted octanol–water partition coefficient (Wildman–Crippen LogP) is 2.48. The van der Waals surface area contributed by atoms with Crippen molar-refractivity contribution in [2.24, 2.45) is 0 Å². The van der Waals surface area contributed by atoms with E-state index in [-0.39, 0.29) is 11.6 Å². The zero-order valence-corrected chi connectivity index (χ0v) is 9.29. The fourth-order valence-corrected chi connectivity index (χ4v) is 2.01. The van der Waals surface area contributed by atoms with Crippen LogP contribution >= 0.6 is 0 Å². The smallest absolute Gasteiger partial charge is 0.381 e. The molecule has 1 aliphatic rings. The molecule has 4 nitrogen and oxygen atoms in total. The van der Waals surface area contributed by atoms with Crippen molar-refractivity contribution in [1.82, 2.24) is 15.0 Å². The molecule has 1 saturated heterocycles. The molecule has 1 unspecified atom stereocenters. The molecule has 0 aliphatic carbocycles. The first-order valence-corrected chi connectivity index (χ1v) is 5.55. The largest absolute Gasteiger partial charge is 0.433 e. The zero-order valence-electron chi connectivity index (χ0n) is 9.29. The number of nitrogens with zero attached hydrogens (tertiary/aromatic N) is 2. The Bertz CT molecular complexity index is 572. The third-order valence-corrected chi connectivity index (χ3v) is 2.97. The molecule has 1 fully saturated rings. The molecule has 0 aromatic carbocycles. The van der Waals surface area contributed by atoms with Gasteiger partial charge in [-0.1, -0.05) is 0 Å². The number of H-pyrrole nitrogens is 1. The number of imidazole rings is 1. The number of alkyl halides is 3. The van der Waals surface area contributed by atoms with Crippen LogP contribution in [0, 0.1) is 0 Å². The maximum Gasteiger partial charge on any atom is 0.433 e. The number of pyridine rings is 1. The van der Waals surface area contributed by atoms with E-state index in [9.17, 15) is 13.2 Å². The van der Waals surface area contributed by atoms with Crippen LogP contribution in [0.15, 0.2) is 12.1 Å². The van der Waals surface area contributed by atoms with Crippen molar-refractivity contribution in [1.29, 1.82) is 0 Å². The summed E-state index contributed by atoms with van der Waals surface area (Å²) in [5, 5.41) is 0. The van der Waals surface area contributed by atoms with Gasteiger partial charge >= 0.3 is 6.18 Å². The van der Waals surface area contributed by atoms with Gasteiger partial charge in [-0.15, -0.1) is 0 Å². The van der Waals surface area contributed by atoms with E-state index in [0.29, 0.717) is 24.6 Å². The lowest BCUT2D eigenvalue weighted by molar-refractivity contribution is -0.141. The van der Waals surface area contributed by atoms with Crippen LogP contribution in [0.2, 0.25) is 0 Å². The van der Waals surface area contributed by atoms with Crippen molar-refractivity contribution >= 4 is 11.2 Å². The molecule has 96 valence electrons. The standard InChI is InChI=1S/C11H10F3N3O/c12-11(13,14)8-2-1-7-10(16-8)17-9(15-7)6-3-4-18-5-6/h1-2,6H,3-5H2,(H,15,16,17). The minimum absolute atomic E-state index is 0.103. The fourth-order valence-electron chi connectivity index (χ4n) is 2.01. The van der Waals surface area contributed by atoms with E-state index in [2.05, 4.69) is 15.0 Å². The van der Waals surface area contributed by atoms with Crippen molar-refractivity contribution in [3.8, 4) is 0 Å². The summed E-state index contributed by atoms with van der Waals surface area (Å²) in [6, 6.07) is 2.31. The molecule has 2 aromatic rings. The molecule has 3 rings (SSSR count). The number of hydrogen-bond donors (Lipinski definition) is 1. The summed E-state index contributed by atoms with van der Waals surface area (Å²) in [6.07, 6.45) is -3.62. The van der Waals surface area contributed by atoms with Crippen LogP contribution in [0.1, 0.15) is 23.9 Å². The molecule has 7 heteroatoms. The molecule has 0 amide bonds. The van der Waals surface area contributed by atoms with Gasteiger partial charge in [-0.05, 0) is 18.6 Å². The van der Waals surface area contributed by atoms with E-state index >= 15 is 0 Å². The molecule has 0 saturated carbocycles. The molecule has 18 heavy (non-hydrogen) atoms. The molecule has 0 spiro atoms. The first-order chi connectivity index (χ1) is 8.54. The van der Waals surface area contributed by atoms with Gasteiger partial charge in [-0.2, -0.15) is 13.2 Å². The van der Waals surface area contributed by atoms with Crippen LogP contribution in [-0.2, 0) is 10.9 Å². The Kier molecular flexibility index (Phi) is 2.51. The lowest BCUT2D eigenvalue weighted by Crippen LogP contribution is -2.07. The van der Waals surface area contributed by atoms with Gasteiger partial charge in [0.1, 0.15) is 11.5 Å². The Balaban J connectivity index is 2.01. The highest BCUT2D eigenvalue weighted by Gasteiger charge is 2.33. The first kappa shape index (κ1) is 11.5. The minimum Gasteiger partial charge on any atom is -0.381 e. The van der Waals surface area contributed by atoms with Gasteiger partial charge in [-0.3, -0.25) is 0 Å². The van der Waals surface area contributed by atoms with Crippen molar-refractivity contribution in [3.63, 3.8) is 0 Å². The topological polar surface area (TPSA) is 50.8 Å². The summed E-state index contributed by atoms with van der Waals surface area (Å²) in [5.41, 5.74) is -0.299. The highest BCUT2D eigenvalue weighted by Crippen LogP contribution is 2.29. The van der Waals surface area contributed by atoms with Gasteiger partial charge in [0.15, 0.2) is 5.65 Å². The molecular weight excluding hydrogens is 247 g/mol. The number of fused-ring (bicyclic) bond motifs is 1. The number of aromatic amines is 1. The summed E-state index contributed by atoms with van der Waals surface area (Å²) < 4.78 is 42.7. The van der Waals surface area contributed by atoms with E-state index in [1.807, 2.05) is 0 Å². The number of nitrogens with one attached hydrogen (secondary N) is 1. The van der Waals surface area contributed by atoms with Crippen molar-refractivity contribution < 1.29 is 17.9 Å². The third-order valence-electron chi connectivity index (χ3n) is 2.97. The monoisotopic (exact) mass is 257 g/mol. The summed E-state index contributed by atoms with van der Waals surface area (Å²) >= 11 is 0. The Morgan fingerprint density at radius 1 is 1.28 bits per heavy atom. The molecule has 0 radical (unpaired) electrons. The average Bonchev–Trinajstić information content (AvgIpc) is 2.95. The van der Waals surface area contributed by atoms with Crippen LogP contribution < -0.4 is 0 Å². The maximum absolute atomic E-state index is 12.5. The van der Waals surface area contributed by atoms with Crippen LogP contribution in [0.4, 0.5) is 13.2 Å². The van der Waals surface area contributed by atoms with Gasteiger partial charge < -0.3 is 9.72 Å². The van der Waals surface area contributed by atoms with E-state index in [1.54, 1.807) is 0 Å². The normalized spacial score (nSPS) is 20.7.